The van der Waals surface area contributed by atoms with Crippen LogP contribution in [0.2, 0.25) is 5.02 Å². The maximum Gasteiger partial charge on any atom is 0.435 e. The second kappa shape index (κ2) is 7.89. The molecule has 1 aromatic carbocycles. The lowest BCUT2D eigenvalue weighted by Gasteiger charge is -2.19. The summed E-state index contributed by atoms with van der Waals surface area (Å²) in [6, 6.07) is 8.49. The summed E-state index contributed by atoms with van der Waals surface area (Å²) < 4.78 is 41.7. The van der Waals surface area contributed by atoms with Crippen molar-refractivity contribution in [3.63, 3.8) is 0 Å². The van der Waals surface area contributed by atoms with Gasteiger partial charge in [-0.05, 0) is 35.9 Å². The second-order valence-electron chi connectivity index (χ2n) is 5.94. The molecule has 10 heteroatoms. The molecule has 2 aromatic heterocycles. The molecule has 0 radical (unpaired) electrons. The molecule has 3 aromatic rings. The van der Waals surface area contributed by atoms with Crippen molar-refractivity contribution in [1.82, 2.24) is 19.7 Å². The number of halogens is 4. The first-order valence-corrected chi connectivity index (χ1v) is 8.45. The van der Waals surface area contributed by atoms with Crippen molar-refractivity contribution in [3.05, 3.63) is 71.3 Å². The average Bonchev–Trinajstić information content (AvgIpc) is 3.07. The number of carbonyl (C=O) groups is 1. The molecular weight excluding hydrogens is 395 g/mol. The summed E-state index contributed by atoms with van der Waals surface area (Å²) in [6.07, 6.45) is -0.609. The molecule has 0 spiro atoms. The molecule has 28 heavy (non-hydrogen) atoms. The minimum atomic E-state index is -4.74. The highest BCUT2D eigenvalue weighted by atomic mass is 35.5. The fraction of sp³-hybridized carbons (Fsp3) is 0.167. The largest absolute Gasteiger partial charge is 0.435 e. The first-order chi connectivity index (χ1) is 13.3. The minimum absolute atomic E-state index is 0.168. The lowest BCUT2D eigenvalue weighted by Crippen LogP contribution is -2.31. The highest BCUT2D eigenvalue weighted by Gasteiger charge is 2.39. The van der Waals surface area contributed by atoms with Crippen LogP contribution in [0.5, 0.6) is 0 Å². The Kier molecular flexibility index (Phi) is 5.55. The molecule has 0 saturated carbocycles. The predicted octanol–water partition coefficient (Wildman–Crippen LogP) is 4.60. The number of alkyl halides is 3. The Morgan fingerprint density at radius 2 is 1.93 bits per heavy atom. The molecule has 0 aliphatic carbocycles. The summed E-state index contributed by atoms with van der Waals surface area (Å²) in [6.45, 7) is 0.187. The zero-order valence-electron chi connectivity index (χ0n) is 14.6. The van der Waals surface area contributed by atoms with E-state index in [1.165, 1.54) is 36.2 Å². The van der Waals surface area contributed by atoms with Crippen LogP contribution >= 0.6 is 11.6 Å². The van der Waals surface area contributed by atoms with E-state index in [0.717, 1.165) is 11.8 Å². The van der Waals surface area contributed by atoms with Crippen molar-refractivity contribution < 1.29 is 18.0 Å². The molecule has 2 amide bonds. The number of urea groups is 1. The zero-order chi connectivity index (χ0) is 20.3. The number of nitrogens with zero attached hydrogens (tertiary/aromatic N) is 4. The third kappa shape index (κ3) is 4.42. The Morgan fingerprint density at radius 3 is 2.54 bits per heavy atom. The first-order valence-electron chi connectivity index (χ1n) is 8.08. The minimum Gasteiger partial charge on any atom is -0.323 e. The van der Waals surface area contributed by atoms with Crippen molar-refractivity contribution in [2.45, 2.75) is 12.7 Å². The standard InChI is InChI=1S/C18H15ClF3N5O/c1-26(11-12-3-2-8-23-9-12)17(28)25-15-10-24-27(16(15)18(20,21)22)14-6-4-13(19)5-7-14/h2-10H,11H2,1H3,(H,25,28). The van der Waals surface area contributed by atoms with Crippen LogP contribution in [-0.2, 0) is 12.7 Å². The van der Waals surface area contributed by atoms with Crippen LogP contribution in [-0.4, -0.2) is 32.7 Å². The summed E-state index contributed by atoms with van der Waals surface area (Å²) in [5.41, 5.74) is -0.613. The van der Waals surface area contributed by atoms with Gasteiger partial charge in [0.1, 0.15) is 0 Å². The zero-order valence-corrected chi connectivity index (χ0v) is 15.4. The molecule has 0 fully saturated rings. The van der Waals surface area contributed by atoms with E-state index in [2.05, 4.69) is 15.4 Å². The topological polar surface area (TPSA) is 63.1 Å². The van der Waals surface area contributed by atoms with E-state index in [1.807, 2.05) is 0 Å². The van der Waals surface area contributed by atoms with Crippen molar-refractivity contribution in [3.8, 4) is 5.69 Å². The number of benzene rings is 1. The van der Waals surface area contributed by atoms with Crippen LogP contribution in [0.3, 0.4) is 0 Å². The first kappa shape index (κ1) is 19.7. The maximum atomic E-state index is 13.6. The van der Waals surface area contributed by atoms with E-state index in [1.54, 1.807) is 24.5 Å². The molecule has 0 unspecified atom stereocenters. The molecule has 0 atom stereocenters. The third-order valence-corrected chi connectivity index (χ3v) is 4.09. The molecule has 146 valence electrons. The van der Waals surface area contributed by atoms with Gasteiger partial charge in [-0.25, -0.2) is 9.48 Å². The molecular formula is C18H15ClF3N5O. The lowest BCUT2D eigenvalue weighted by atomic mass is 10.3. The summed E-state index contributed by atoms with van der Waals surface area (Å²) in [4.78, 5) is 17.5. The lowest BCUT2D eigenvalue weighted by molar-refractivity contribution is -0.142. The van der Waals surface area contributed by atoms with Gasteiger partial charge in [0, 0.05) is 31.0 Å². The Labute approximate surface area is 163 Å². The Morgan fingerprint density at radius 1 is 1.21 bits per heavy atom. The van der Waals surface area contributed by atoms with E-state index in [4.69, 9.17) is 11.6 Å². The highest BCUT2D eigenvalue weighted by molar-refractivity contribution is 6.30. The smallest absolute Gasteiger partial charge is 0.323 e. The normalized spacial score (nSPS) is 11.3. The number of anilines is 1. The van der Waals surface area contributed by atoms with Crippen LogP contribution in [0.1, 0.15) is 11.3 Å². The van der Waals surface area contributed by atoms with Crippen LogP contribution in [0.15, 0.2) is 55.0 Å². The van der Waals surface area contributed by atoms with Crippen molar-refractivity contribution in [2.75, 3.05) is 12.4 Å². The predicted molar refractivity (Wildman–Crippen MR) is 98.3 cm³/mol. The molecule has 6 nitrogen and oxygen atoms in total. The van der Waals surface area contributed by atoms with Crippen LogP contribution < -0.4 is 5.32 Å². The van der Waals surface area contributed by atoms with E-state index in [9.17, 15) is 18.0 Å². The SMILES string of the molecule is CN(Cc1cccnc1)C(=O)Nc1cnn(-c2ccc(Cl)cc2)c1C(F)(F)F. The number of nitrogens with one attached hydrogen (secondary N) is 1. The molecule has 3 rings (SSSR count). The number of amides is 2. The molecule has 0 aliphatic heterocycles. The summed E-state index contributed by atoms with van der Waals surface area (Å²) in [5.74, 6) is 0. The van der Waals surface area contributed by atoms with E-state index in [-0.39, 0.29) is 12.2 Å². The van der Waals surface area contributed by atoms with Crippen molar-refractivity contribution >= 4 is 23.3 Å². The van der Waals surface area contributed by atoms with Gasteiger partial charge in [0.05, 0.1) is 17.6 Å². The van der Waals surface area contributed by atoms with Gasteiger partial charge in [0.2, 0.25) is 0 Å². The van der Waals surface area contributed by atoms with Gasteiger partial charge >= 0.3 is 12.2 Å². The molecule has 0 saturated heterocycles. The van der Waals surface area contributed by atoms with Crippen molar-refractivity contribution in [2.24, 2.45) is 0 Å². The van der Waals surface area contributed by atoms with E-state index < -0.39 is 23.6 Å². The maximum absolute atomic E-state index is 13.6. The van der Waals surface area contributed by atoms with Gasteiger partial charge in [-0.1, -0.05) is 17.7 Å². The van der Waals surface area contributed by atoms with Crippen molar-refractivity contribution in [1.29, 1.82) is 0 Å². The number of aromatic nitrogens is 3. The van der Waals surface area contributed by atoms with E-state index in [0.29, 0.717) is 9.70 Å². The Hall–Kier alpha value is -3.07. The Bertz CT molecular complexity index is 958. The van der Waals surface area contributed by atoms with E-state index >= 15 is 0 Å². The number of pyridine rings is 1. The summed E-state index contributed by atoms with van der Waals surface area (Å²) in [5, 5.41) is 6.45. The third-order valence-electron chi connectivity index (χ3n) is 3.84. The number of rotatable bonds is 4. The fourth-order valence-electron chi connectivity index (χ4n) is 2.54. The average molecular weight is 410 g/mol. The summed E-state index contributed by atoms with van der Waals surface area (Å²) >= 11 is 5.79. The van der Waals surface area contributed by atoms with Gasteiger partial charge in [0.15, 0.2) is 5.69 Å². The van der Waals surface area contributed by atoms with Crippen LogP contribution in [0, 0.1) is 0 Å². The second-order valence-corrected chi connectivity index (χ2v) is 6.38. The number of hydrogen-bond acceptors (Lipinski definition) is 3. The highest BCUT2D eigenvalue weighted by Crippen LogP contribution is 2.36. The van der Waals surface area contributed by atoms with Crippen LogP contribution in [0.25, 0.3) is 5.69 Å². The van der Waals surface area contributed by atoms with Gasteiger partial charge in [0.25, 0.3) is 0 Å². The Balaban J connectivity index is 1.85. The molecule has 2 heterocycles. The number of carbonyl (C=O) groups excluding carboxylic acids is 1. The molecule has 0 bridgehead atoms. The van der Waals surface area contributed by atoms with Gasteiger partial charge in [-0.3, -0.25) is 4.98 Å². The van der Waals surface area contributed by atoms with Gasteiger partial charge in [-0.15, -0.1) is 0 Å². The monoisotopic (exact) mass is 409 g/mol. The van der Waals surface area contributed by atoms with Gasteiger partial charge in [-0.2, -0.15) is 18.3 Å². The quantitative estimate of drug-likeness (QED) is 0.684. The van der Waals surface area contributed by atoms with Crippen LogP contribution in [0.4, 0.5) is 23.7 Å². The summed E-state index contributed by atoms with van der Waals surface area (Å²) in [7, 11) is 1.47. The molecule has 1 N–H and O–H groups in total. The van der Waals surface area contributed by atoms with Gasteiger partial charge < -0.3 is 10.2 Å². The molecule has 0 aliphatic rings. The fourth-order valence-corrected chi connectivity index (χ4v) is 2.66. The number of hydrogen-bond donors (Lipinski definition) is 1.